The molecule has 0 unspecified atom stereocenters. The molecule has 2 aromatic rings. The van der Waals surface area contributed by atoms with Crippen LogP contribution in [-0.4, -0.2) is 16.0 Å². The van der Waals surface area contributed by atoms with Crippen LogP contribution < -0.4 is 5.32 Å². The standard InChI is InChI=1S/C12H9FN2O5/c13-8-1-2-11(15(18)19)10(4-8)14-5-9-3-7(6-20-9)12(16)17/h1-4,6,14H,5H2,(H,16,17). The molecule has 8 heteroatoms. The second-order valence-corrected chi connectivity index (χ2v) is 3.88. The fourth-order valence-corrected chi connectivity index (χ4v) is 1.58. The van der Waals surface area contributed by atoms with Gasteiger partial charge in [0.05, 0.1) is 17.0 Å². The van der Waals surface area contributed by atoms with Crippen molar-refractivity contribution >= 4 is 17.3 Å². The number of carboxylic acids is 1. The summed E-state index contributed by atoms with van der Waals surface area (Å²) < 4.78 is 18.1. The number of hydrogen-bond acceptors (Lipinski definition) is 5. The van der Waals surface area contributed by atoms with Crippen LogP contribution >= 0.6 is 0 Å². The summed E-state index contributed by atoms with van der Waals surface area (Å²) in [7, 11) is 0. The first-order valence-electron chi connectivity index (χ1n) is 5.46. The monoisotopic (exact) mass is 280 g/mol. The summed E-state index contributed by atoms with van der Waals surface area (Å²) >= 11 is 0. The zero-order chi connectivity index (χ0) is 14.7. The highest BCUT2D eigenvalue weighted by molar-refractivity contribution is 5.87. The van der Waals surface area contributed by atoms with Crippen molar-refractivity contribution < 1.29 is 23.6 Å². The smallest absolute Gasteiger partial charge is 0.338 e. The van der Waals surface area contributed by atoms with E-state index in [0.29, 0.717) is 0 Å². The number of nitrogens with zero attached hydrogens (tertiary/aromatic N) is 1. The van der Waals surface area contributed by atoms with Gasteiger partial charge in [-0.25, -0.2) is 9.18 Å². The van der Waals surface area contributed by atoms with E-state index < -0.39 is 16.7 Å². The Hall–Kier alpha value is -2.90. The number of nitro groups is 1. The van der Waals surface area contributed by atoms with Gasteiger partial charge in [0.25, 0.3) is 5.69 Å². The first-order chi connectivity index (χ1) is 9.47. The lowest BCUT2D eigenvalue weighted by Gasteiger charge is -2.05. The van der Waals surface area contributed by atoms with Gasteiger partial charge in [0.1, 0.15) is 23.5 Å². The summed E-state index contributed by atoms with van der Waals surface area (Å²) in [6.07, 6.45) is 1.05. The molecule has 0 aliphatic carbocycles. The molecule has 0 saturated heterocycles. The molecule has 0 aliphatic rings. The summed E-state index contributed by atoms with van der Waals surface area (Å²) in [6, 6.07) is 4.29. The van der Waals surface area contributed by atoms with Gasteiger partial charge in [-0.15, -0.1) is 0 Å². The molecule has 2 N–H and O–H groups in total. The lowest BCUT2D eigenvalue weighted by atomic mass is 10.2. The van der Waals surface area contributed by atoms with Crippen molar-refractivity contribution in [3.63, 3.8) is 0 Å². The molecule has 0 radical (unpaired) electrons. The van der Waals surface area contributed by atoms with Gasteiger partial charge < -0.3 is 14.8 Å². The average molecular weight is 280 g/mol. The highest BCUT2D eigenvalue weighted by atomic mass is 19.1. The van der Waals surface area contributed by atoms with Gasteiger partial charge in [-0.1, -0.05) is 0 Å². The maximum atomic E-state index is 13.1. The first kappa shape index (κ1) is 13.5. The molecule has 1 heterocycles. The average Bonchev–Trinajstić information content (AvgIpc) is 2.85. The quantitative estimate of drug-likeness (QED) is 0.644. The fourth-order valence-electron chi connectivity index (χ4n) is 1.58. The maximum absolute atomic E-state index is 13.1. The lowest BCUT2D eigenvalue weighted by Crippen LogP contribution is -2.02. The van der Waals surface area contributed by atoms with Crippen LogP contribution in [0.15, 0.2) is 34.9 Å². The SMILES string of the molecule is O=C(O)c1coc(CNc2cc(F)ccc2[N+](=O)[O-])c1. The lowest BCUT2D eigenvalue weighted by molar-refractivity contribution is -0.384. The molecule has 0 bridgehead atoms. The van der Waals surface area contributed by atoms with E-state index in [1.165, 1.54) is 6.07 Å². The van der Waals surface area contributed by atoms with Crippen LogP contribution in [0, 0.1) is 15.9 Å². The number of anilines is 1. The van der Waals surface area contributed by atoms with Crippen molar-refractivity contribution in [2.24, 2.45) is 0 Å². The maximum Gasteiger partial charge on any atom is 0.338 e. The summed E-state index contributed by atoms with van der Waals surface area (Å²) in [5, 5.41) is 22.1. The van der Waals surface area contributed by atoms with Gasteiger partial charge in [0.2, 0.25) is 0 Å². The number of carbonyl (C=O) groups is 1. The Morgan fingerprint density at radius 3 is 2.80 bits per heavy atom. The van der Waals surface area contributed by atoms with E-state index in [2.05, 4.69) is 5.32 Å². The van der Waals surface area contributed by atoms with Crippen LogP contribution in [-0.2, 0) is 6.54 Å². The van der Waals surface area contributed by atoms with E-state index in [0.717, 1.165) is 24.5 Å². The van der Waals surface area contributed by atoms with Crippen LogP contribution in [0.5, 0.6) is 0 Å². The number of benzene rings is 1. The minimum atomic E-state index is -1.14. The number of hydrogen-bond donors (Lipinski definition) is 2. The molecule has 7 nitrogen and oxygen atoms in total. The molecular formula is C12H9FN2O5. The zero-order valence-corrected chi connectivity index (χ0v) is 10.00. The van der Waals surface area contributed by atoms with Crippen molar-refractivity contribution in [2.75, 3.05) is 5.32 Å². The van der Waals surface area contributed by atoms with Gasteiger partial charge in [0.15, 0.2) is 0 Å². The minimum Gasteiger partial charge on any atom is -0.478 e. The van der Waals surface area contributed by atoms with E-state index in [4.69, 9.17) is 9.52 Å². The third-order valence-corrected chi connectivity index (χ3v) is 2.51. The van der Waals surface area contributed by atoms with E-state index in [1.807, 2.05) is 0 Å². The molecule has 20 heavy (non-hydrogen) atoms. The third-order valence-electron chi connectivity index (χ3n) is 2.51. The first-order valence-corrected chi connectivity index (χ1v) is 5.46. The Balaban J connectivity index is 2.15. The second-order valence-electron chi connectivity index (χ2n) is 3.88. The number of carboxylic acid groups (broad SMARTS) is 1. The summed E-state index contributed by atoms with van der Waals surface area (Å²) in [6.45, 7) is -0.00241. The summed E-state index contributed by atoms with van der Waals surface area (Å²) in [5.74, 6) is -1.50. The number of furan rings is 1. The molecule has 0 saturated carbocycles. The van der Waals surface area contributed by atoms with Crippen LogP contribution in [0.2, 0.25) is 0 Å². The van der Waals surface area contributed by atoms with Gasteiger partial charge in [-0.3, -0.25) is 10.1 Å². The van der Waals surface area contributed by atoms with E-state index >= 15 is 0 Å². The number of aromatic carboxylic acids is 1. The van der Waals surface area contributed by atoms with Crippen molar-refractivity contribution in [1.82, 2.24) is 0 Å². The van der Waals surface area contributed by atoms with Crippen LogP contribution in [0.1, 0.15) is 16.1 Å². The largest absolute Gasteiger partial charge is 0.478 e. The zero-order valence-electron chi connectivity index (χ0n) is 10.00. The Kier molecular flexibility index (Phi) is 3.65. The predicted octanol–water partition coefficient (Wildman–Crippen LogP) is 2.64. The van der Waals surface area contributed by atoms with Crippen molar-refractivity contribution in [3.8, 4) is 0 Å². The van der Waals surface area contributed by atoms with Gasteiger partial charge >= 0.3 is 5.97 Å². The highest BCUT2D eigenvalue weighted by Gasteiger charge is 2.15. The number of nitro benzene ring substituents is 1. The molecule has 0 amide bonds. The molecule has 0 aliphatic heterocycles. The number of nitrogens with one attached hydrogen (secondary N) is 1. The Bertz CT molecular complexity index is 668. The third kappa shape index (κ3) is 2.91. The van der Waals surface area contributed by atoms with Crippen LogP contribution in [0.25, 0.3) is 0 Å². The molecule has 0 fully saturated rings. The normalized spacial score (nSPS) is 10.2. The molecule has 1 aromatic carbocycles. The second kappa shape index (κ2) is 5.39. The predicted molar refractivity (Wildman–Crippen MR) is 66.0 cm³/mol. The van der Waals surface area contributed by atoms with E-state index in [-0.39, 0.29) is 29.2 Å². The summed E-state index contributed by atoms with van der Waals surface area (Å²) in [5.41, 5.74) is -0.324. The molecule has 0 atom stereocenters. The van der Waals surface area contributed by atoms with Crippen LogP contribution in [0.3, 0.4) is 0 Å². The molecule has 104 valence electrons. The molecular weight excluding hydrogens is 271 g/mol. The Morgan fingerprint density at radius 1 is 1.45 bits per heavy atom. The molecule has 0 spiro atoms. The number of halogens is 1. The fraction of sp³-hybridized carbons (Fsp3) is 0.0833. The van der Waals surface area contributed by atoms with E-state index in [9.17, 15) is 19.3 Å². The van der Waals surface area contributed by atoms with Crippen LogP contribution in [0.4, 0.5) is 15.8 Å². The topological polar surface area (TPSA) is 106 Å². The van der Waals surface area contributed by atoms with Gasteiger partial charge in [0, 0.05) is 12.1 Å². The number of rotatable bonds is 5. The van der Waals surface area contributed by atoms with Crippen molar-refractivity contribution in [3.05, 3.63) is 57.8 Å². The minimum absolute atomic E-state index is 0.00241. The van der Waals surface area contributed by atoms with Crippen molar-refractivity contribution in [2.45, 2.75) is 6.54 Å². The Labute approximate surface area is 111 Å². The van der Waals surface area contributed by atoms with E-state index in [1.54, 1.807) is 0 Å². The Morgan fingerprint density at radius 2 is 2.20 bits per heavy atom. The molecule has 2 rings (SSSR count). The van der Waals surface area contributed by atoms with Gasteiger partial charge in [-0.2, -0.15) is 0 Å². The molecule has 1 aromatic heterocycles. The van der Waals surface area contributed by atoms with Gasteiger partial charge in [-0.05, 0) is 12.1 Å². The summed E-state index contributed by atoms with van der Waals surface area (Å²) in [4.78, 5) is 20.8. The van der Waals surface area contributed by atoms with Crippen molar-refractivity contribution in [1.29, 1.82) is 0 Å². The highest BCUT2D eigenvalue weighted by Crippen LogP contribution is 2.25.